The zero-order valence-electron chi connectivity index (χ0n) is 13.2. The van der Waals surface area contributed by atoms with Gasteiger partial charge in [0, 0.05) is 10.6 Å². The molecule has 2 heterocycles. The van der Waals surface area contributed by atoms with Crippen LogP contribution in [0.1, 0.15) is 17.4 Å². The molecule has 2 aromatic rings. The van der Waals surface area contributed by atoms with Gasteiger partial charge in [-0.25, -0.2) is 4.79 Å². The molecule has 0 saturated carbocycles. The average Bonchev–Trinajstić information content (AvgIpc) is 2.84. The van der Waals surface area contributed by atoms with Crippen LogP contribution in [0.15, 0.2) is 29.7 Å². The molecule has 9 heteroatoms. The average molecular weight is 381 g/mol. The van der Waals surface area contributed by atoms with E-state index in [2.05, 4.69) is 10.4 Å². The van der Waals surface area contributed by atoms with Gasteiger partial charge in [-0.05, 0) is 26.0 Å². The number of aryl methyl sites for hydroxylation is 1. The van der Waals surface area contributed by atoms with Crippen molar-refractivity contribution >= 4 is 40.9 Å². The second kappa shape index (κ2) is 6.42. The summed E-state index contributed by atoms with van der Waals surface area (Å²) in [4.78, 5) is 24.4. The molecule has 1 aliphatic heterocycles. The number of hydrogen-bond donors (Lipinski definition) is 1. The van der Waals surface area contributed by atoms with Crippen molar-refractivity contribution in [2.75, 3.05) is 6.61 Å². The Morgan fingerprint density at radius 1 is 1.36 bits per heavy atom. The fraction of sp³-hybridized carbons (Fsp3) is 0.188. The van der Waals surface area contributed by atoms with Crippen LogP contribution in [0.25, 0.3) is 11.1 Å². The number of fused-ring (bicyclic) bond motifs is 1. The summed E-state index contributed by atoms with van der Waals surface area (Å²) < 4.78 is 5.72. The highest BCUT2D eigenvalue weighted by Crippen LogP contribution is 2.39. The van der Waals surface area contributed by atoms with Gasteiger partial charge in [0.2, 0.25) is 5.88 Å². The minimum atomic E-state index is -0.960. The minimum Gasteiger partial charge on any atom is -0.492 e. The van der Waals surface area contributed by atoms with Gasteiger partial charge in [0.1, 0.15) is 0 Å². The second-order valence-corrected chi connectivity index (χ2v) is 6.00. The van der Waals surface area contributed by atoms with Crippen LogP contribution in [0, 0.1) is 6.92 Å². The number of ether oxygens (including phenoxy) is 1. The van der Waals surface area contributed by atoms with Gasteiger partial charge in [-0.3, -0.25) is 4.79 Å². The van der Waals surface area contributed by atoms with E-state index < -0.39 is 23.3 Å². The van der Waals surface area contributed by atoms with Crippen LogP contribution in [-0.2, 0) is 9.53 Å². The van der Waals surface area contributed by atoms with Crippen LogP contribution in [0.5, 0.6) is 0 Å². The number of aliphatic hydroxyl groups is 1. The summed E-state index contributed by atoms with van der Waals surface area (Å²) in [6.07, 6.45) is 0. The van der Waals surface area contributed by atoms with Crippen molar-refractivity contribution in [3.8, 4) is 11.1 Å². The molecule has 3 rings (SSSR count). The number of carbonyl (C=O) groups is 2. The van der Waals surface area contributed by atoms with Crippen LogP contribution in [0.4, 0.5) is 5.82 Å². The van der Waals surface area contributed by atoms with Crippen molar-refractivity contribution in [1.29, 1.82) is 0 Å². The Bertz CT molecular complexity index is 934. The first kappa shape index (κ1) is 17.3. The van der Waals surface area contributed by atoms with E-state index in [0.717, 1.165) is 4.68 Å². The molecule has 129 valence electrons. The van der Waals surface area contributed by atoms with Crippen molar-refractivity contribution in [2.45, 2.75) is 13.8 Å². The van der Waals surface area contributed by atoms with E-state index >= 15 is 0 Å². The smallest absolute Gasteiger partial charge is 0.349 e. The van der Waals surface area contributed by atoms with E-state index in [9.17, 15) is 14.7 Å². The standard InChI is InChI=1S/C16H12Cl2N3O4/c1-3-25-16(24)12-14(22)19-13-11(7(2)20-21(13)15(12)23)9-5-4-8(17)6-10(9)18/h4-6,22H,3H2,1-2H3. The van der Waals surface area contributed by atoms with E-state index in [1.165, 1.54) is 0 Å². The van der Waals surface area contributed by atoms with Gasteiger partial charge in [-0.1, -0.05) is 29.3 Å². The number of nitrogens with zero attached hydrogens (tertiary/aromatic N) is 3. The first-order chi connectivity index (χ1) is 11.8. The third-order valence-electron chi connectivity index (χ3n) is 3.56. The maximum absolute atomic E-state index is 12.5. The Morgan fingerprint density at radius 3 is 2.72 bits per heavy atom. The van der Waals surface area contributed by atoms with Gasteiger partial charge in [0.05, 0.1) is 22.9 Å². The number of carbonyl (C=O) groups excluding carboxylic acids is 2. The monoisotopic (exact) mass is 380 g/mol. The van der Waals surface area contributed by atoms with Gasteiger partial charge in [-0.2, -0.15) is 15.1 Å². The number of hydrogen-bond acceptors (Lipinski definition) is 5. The molecular formula is C16H12Cl2N3O4. The van der Waals surface area contributed by atoms with E-state index in [1.54, 1.807) is 32.0 Å². The number of aliphatic hydroxyl groups excluding tert-OH is 1. The Hall–Kier alpha value is -2.51. The fourth-order valence-electron chi connectivity index (χ4n) is 2.51. The summed E-state index contributed by atoms with van der Waals surface area (Å²) in [6, 6.07) is 4.85. The van der Waals surface area contributed by atoms with Crippen molar-refractivity contribution in [2.24, 2.45) is 0 Å². The summed E-state index contributed by atoms with van der Waals surface area (Å²) in [6.45, 7) is 3.30. The van der Waals surface area contributed by atoms with Gasteiger partial charge in [0.15, 0.2) is 11.4 Å². The minimum absolute atomic E-state index is 0.0551. The summed E-state index contributed by atoms with van der Waals surface area (Å²) in [5.41, 5.74) is 0.901. The van der Waals surface area contributed by atoms with E-state index in [1.807, 2.05) is 0 Å². The molecule has 1 aromatic heterocycles. The zero-order chi connectivity index (χ0) is 18.3. The lowest BCUT2D eigenvalue weighted by atomic mass is 10.0. The van der Waals surface area contributed by atoms with Crippen molar-refractivity contribution in [3.63, 3.8) is 0 Å². The molecule has 1 aromatic carbocycles. The predicted octanol–water partition coefficient (Wildman–Crippen LogP) is 3.39. The molecule has 0 atom stereocenters. The lowest BCUT2D eigenvalue weighted by Crippen LogP contribution is -2.30. The quantitative estimate of drug-likeness (QED) is 0.650. The number of rotatable bonds is 3. The summed E-state index contributed by atoms with van der Waals surface area (Å²) in [7, 11) is 0. The van der Waals surface area contributed by atoms with Gasteiger partial charge in [-0.15, -0.1) is 0 Å². The lowest BCUT2D eigenvalue weighted by molar-refractivity contribution is -0.138. The maximum Gasteiger partial charge on any atom is 0.349 e. The molecular weight excluding hydrogens is 369 g/mol. The van der Waals surface area contributed by atoms with Gasteiger partial charge >= 0.3 is 5.97 Å². The molecule has 25 heavy (non-hydrogen) atoms. The highest BCUT2D eigenvalue weighted by molar-refractivity contribution is 6.36. The third kappa shape index (κ3) is 2.85. The number of aromatic nitrogens is 2. The Labute approximate surface area is 152 Å². The normalized spacial score (nSPS) is 13.5. The lowest BCUT2D eigenvalue weighted by Gasteiger charge is -2.16. The molecule has 0 aliphatic carbocycles. The predicted molar refractivity (Wildman–Crippen MR) is 91.1 cm³/mol. The molecule has 0 bridgehead atoms. The molecule has 0 saturated heterocycles. The van der Waals surface area contributed by atoms with Crippen LogP contribution < -0.4 is 5.32 Å². The molecule has 0 fully saturated rings. The first-order valence-electron chi connectivity index (χ1n) is 7.27. The highest BCUT2D eigenvalue weighted by atomic mass is 35.5. The maximum atomic E-state index is 12.5. The van der Waals surface area contributed by atoms with Crippen LogP contribution in [0.3, 0.4) is 0 Å². The molecule has 7 nitrogen and oxygen atoms in total. The highest BCUT2D eigenvalue weighted by Gasteiger charge is 2.37. The van der Waals surface area contributed by atoms with E-state index in [-0.39, 0.29) is 12.4 Å². The molecule has 1 radical (unpaired) electrons. The second-order valence-electron chi connectivity index (χ2n) is 5.16. The molecule has 1 aliphatic rings. The molecule has 0 spiro atoms. The zero-order valence-corrected chi connectivity index (χ0v) is 14.7. The summed E-state index contributed by atoms with van der Waals surface area (Å²) in [5, 5.41) is 19.0. The Balaban J connectivity index is 2.14. The Morgan fingerprint density at radius 2 is 2.08 bits per heavy atom. The first-order valence-corrected chi connectivity index (χ1v) is 8.02. The third-order valence-corrected chi connectivity index (χ3v) is 4.11. The fourth-order valence-corrected chi connectivity index (χ4v) is 3.01. The number of esters is 1. The molecule has 0 unspecified atom stereocenters. The van der Waals surface area contributed by atoms with Crippen molar-refractivity contribution in [3.05, 3.63) is 45.4 Å². The molecule has 1 N–H and O–H groups in total. The summed E-state index contributed by atoms with van der Waals surface area (Å²) in [5.74, 6) is -2.42. The van der Waals surface area contributed by atoms with Crippen LogP contribution in [-0.4, -0.2) is 33.4 Å². The largest absolute Gasteiger partial charge is 0.492 e. The van der Waals surface area contributed by atoms with Crippen molar-refractivity contribution in [1.82, 2.24) is 15.1 Å². The van der Waals surface area contributed by atoms with Gasteiger partial charge in [0.25, 0.3) is 5.91 Å². The Kier molecular flexibility index (Phi) is 4.45. The van der Waals surface area contributed by atoms with Crippen LogP contribution >= 0.6 is 23.2 Å². The van der Waals surface area contributed by atoms with E-state index in [0.29, 0.717) is 26.9 Å². The summed E-state index contributed by atoms with van der Waals surface area (Å²) >= 11 is 12.1. The van der Waals surface area contributed by atoms with E-state index in [4.69, 9.17) is 27.9 Å². The topological polar surface area (TPSA) is 95.5 Å². The SMILES string of the molecule is CCOC(=O)C1=C(O)[N]c2c(-c3ccc(Cl)cc3Cl)c(C)nn2C1=O. The van der Waals surface area contributed by atoms with Gasteiger partial charge < -0.3 is 9.84 Å². The van der Waals surface area contributed by atoms with Crippen LogP contribution in [0.2, 0.25) is 10.0 Å². The number of halogens is 2. The van der Waals surface area contributed by atoms with Crippen molar-refractivity contribution < 1.29 is 19.4 Å². The number of benzene rings is 1. The molecule has 0 amide bonds.